The predicted octanol–water partition coefficient (Wildman–Crippen LogP) is -1.36. The van der Waals surface area contributed by atoms with Crippen LogP contribution in [0.1, 0.15) is 0 Å². The van der Waals surface area contributed by atoms with Crippen LogP contribution in [0.4, 0.5) is 11.4 Å². The number of rotatable bonds is 8. The molecule has 170 valence electrons. The largest absolute Gasteiger partial charge is 1.00 e. The molecule has 2 amide bonds. The molecule has 2 aromatic carbocycles. The molecular formula is C21H23ClN4O6. The fourth-order valence-corrected chi connectivity index (χ4v) is 2.84. The lowest BCUT2D eigenvalue weighted by Gasteiger charge is -2.15. The number of hydrogen-bond donors (Lipinski definition) is 2. The summed E-state index contributed by atoms with van der Waals surface area (Å²) in [6, 6.07) is 12.9. The molecule has 0 bridgehead atoms. The minimum atomic E-state index is -0.581. The van der Waals surface area contributed by atoms with Crippen molar-refractivity contribution in [1.29, 1.82) is 0 Å². The average molecular weight is 463 g/mol. The smallest absolute Gasteiger partial charge is 0.292 e. The highest BCUT2D eigenvalue weighted by Crippen LogP contribution is 2.21. The Balaban J connectivity index is 0.00000363. The SMILES string of the molecule is COc1cccc(N(O)C(=O)Cn2cc[n+](CC(=O)N(O)c3cccc(OC)c3)c2)c1.[Cl-]. The zero-order valence-corrected chi connectivity index (χ0v) is 18.2. The molecule has 11 heteroatoms. The van der Waals surface area contributed by atoms with E-state index in [4.69, 9.17) is 9.47 Å². The van der Waals surface area contributed by atoms with Crippen molar-refractivity contribution in [2.45, 2.75) is 13.1 Å². The summed E-state index contributed by atoms with van der Waals surface area (Å²) >= 11 is 0. The van der Waals surface area contributed by atoms with Crippen LogP contribution in [0.15, 0.2) is 67.3 Å². The van der Waals surface area contributed by atoms with Crippen molar-refractivity contribution >= 4 is 23.2 Å². The molecule has 3 aromatic rings. The van der Waals surface area contributed by atoms with Gasteiger partial charge in [-0.15, -0.1) is 0 Å². The summed E-state index contributed by atoms with van der Waals surface area (Å²) in [5.74, 6) is -0.150. The van der Waals surface area contributed by atoms with Crippen molar-refractivity contribution < 1.29 is 46.5 Å². The van der Waals surface area contributed by atoms with E-state index in [1.54, 1.807) is 48.8 Å². The summed E-state index contributed by atoms with van der Waals surface area (Å²) in [5, 5.41) is 21.4. The van der Waals surface area contributed by atoms with E-state index >= 15 is 0 Å². The predicted molar refractivity (Wildman–Crippen MR) is 109 cm³/mol. The van der Waals surface area contributed by atoms with E-state index in [2.05, 4.69) is 0 Å². The minimum Gasteiger partial charge on any atom is -1.00 e. The van der Waals surface area contributed by atoms with Gasteiger partial charge in [-0.2, -0.15) is 10.1 Å². The molecule has 0 aliphatic heterocycles. The summed E-state index contributed by atoms with van der Waals surface area (Å²) in [7, 11) is 2.98. The molecule has 0 aliphatic carbocycles. The minimum absolute atomic E-state index is 0. The number of halogens is 1. The standard InChI is InChI=1S/C21H23N4O6.ClH/c1-30-18-7-3-5-16(11-18)24(28)20(26)13-22-9-10-23(15-22)14-21(27)25(29)17-6-4-8-19(12-17)31-2;/h3-12,15,28-29H,13-14H2,1-2H3;1H/q+1;/p-1. The Morgan fingerprint density at radius 3 is 2.00 bits per heavy atom. The highest BCUT2D eigenvalue weighted by atomic mass is 35.5. The van der Waals surface area contributed by atoms with Crippen LogP contribution in [-0.2, 0) is 22.7 Å². The third kappa shape index (κ3) is 5.97. The number of amides is 2. The van der Waals surface area contributed by atoms with Gasteiger partial charge in [0.2, 0.25) is 6.33 Å². The molecular weight excluding hydrogens is 440 g/mol. The normalized spacial score (nSPS) is 10.1. The maximum absolute atomic E-state index is 12.4. The van der Waals surface area contributed by atoms with Crippen molar-refractivity contribution in [3.63, 3.8) is 0 Å². The molecule has 1 aromatic heterocycles. The third-order valence-electron chi connectivity index (χ3n) is 4.45. The van der Waals surface area contributed by atoms with Crippen LogP contribution in [0, 0.1) is 0 Å². The fraction of sp³-hybridized carbons (Fsp3) is 0.190. The van der Waals surface area contributed by atoms with Crippen LogP contribution in [0.3, 0.4) is 0 Å². The van der Waals surface area contributed by atoms with Gasteiger partial charge in [0.25, 0.3) is 11.8 Å². The molecule has 0 saturated heterocycles. The highest BCUT2D eigenvalue weighted by molar-refractivity contribution is 5.91. The Labute approximate surface area is 190 Å². The van der Waals surface area contributed by atoms with E-state index in [9.17, 15) is 20.0 Å². The first-order chi connectivity index (χ1) is 14.9. The number of imidazole rings is 1. The van der Waals surface area contributed by atoms with Gasteiger partial charge >= 0.3 is 0 Å². The summed E-state index contributed by atoms with van der Waals surface area (Å²) < 4.78 is 13.2. The van der Waals surface area contributed by atoms with Gasteiger partial charge < -0.3 is 21.9 Å². The van der Waals surface area contributed by atoms with Gasteiger partial charge in [0.05, 0.1) is 25.6 Å². The Hall–Kier alpha value is -3.60. The second-order valence-corrected chi connectivity index (χ2v) is 6.57. The molecule has 1 heterocycles. The number of nitrogens with zero attached hydrogens (tertiary/aromatic N) is 4. The van der Waals surface area contributed by atoms with Crippen molar-refractivity contribution in [2.75, 3.05) is 24.3 Å². The maximum Gasteiger partial charge on any atom is 0.292 e. The summed E-state index contributed by atoms with van der Waals surface area (Å²) in [6.45, 7) is -0.318. The highest BCUT2D eigenvalue weighted by Gasteiger charge is 2.20. The van der Waals surface area contributed by atoms with Crippen LogP contribution < -0.4 is 36.6 Å². The van der Waals surface area contributed by atoms with Gasteiger partial charge in [-0.3, -0.25) is 20.0 Å². The second kappa shape index (κ2) is 11.1. The number of methoxy groups -OCH3 is 2. The molecule has 0 atom stereocenters. The van der Waals surface area contributed by atoms with Crippen LogP contribution in [0.25, 0.3) is 0 Å². The summed E-state index contributed by atoms with van der Waals surface area (Å²) in [5.41, 5.74) is 0.544. The molecule has 2 N–H and O–H groups in total. The van der Waals surface area contributed by atoms with Gasteiger partial charge in [0.15, 0.2) is 13.1 Å². The number of hydrogen-bond acceptors (Lipinski definition) is 6. The fourth-order valence-electron chi connectivity index (χ4n) is 2.84. The zero-order valence-electron chi connectivity index (χ0n) is 17.5. The van der Waals surface area contributed by atoms with Crippen LogP contribution in [0.2, 0.25) is 0 Å². The van der Waals surface area contributed by atoms with E-state index in [-0.39, 0.29) is 36.9 Å². The van der Waals surface area contributed by atoms with Crippen molar-refractivity contribution in [2.24, 2.45) is 0 Å². The molecule has 0 fully saturated rings. The first-order valence-corrected chi connectivity index (χ1v) is 9.28. The third-order valence-corrected chi connectivity index (χ3v) is 4.45. The van der Waals surface area contributed by atoms with Crippen molar-refractivity contribution in [1.82, 2.24) is 4.57 Å². The number of hydroxylamine groups is 2. The topological polar surface area (TPSA) is 108 Å². The number of ether oxygens (including phenoxy) is 2. The molecule has 0 radical (unpaired) electrons. The number of carbonyl (C=O) groups is 2. The second-order valence-electron chi connectivity index (χ2n) is 6.57. The Bertz CT molecular complexity index is 992. The molecule has 3 rings (SSSR count). The van der Waals surface area contributed by atoms with Crippen LogP contribution >= 0.6 is 0 Å². The number of anilines is 2. The van der Waals surface area contributed by atoms with Gasteiger partial charge in [-0.05, 0) is 24.3 Å². The molecule has 0 saturated carbocycles. The Morgan fingerprint density at radius 2 is 1.47 bits per heavy atom. The first-order valence-electron chi connectivity index (χ1n) is 9.28. The maximum atomic E-state index is 12.4. The van der Waals surface area contributed by atoms with E-state index < -0.39 is 11.8 Å². The molecule has 0 aliphatic rings. The first kappa shape index (κ1) is 24.7. The zero-order chi connectivity index (χ0) is 22.4. The quantitative estimate of drug-likeness (QED) is 0.243. The lowest BCUT2D eigenvalue weighted by molar-refractivity contribution is -0.683. The van der Waals surface area contributed by atoms with E-state index in [0.717, 1.165) is 0 Å². The monoisotopic (exact) mass is 462 g/mol. The van der Waals surface area contributed by atoms with E-state index in [1.807, 2.05) is 0 Å². The number of benzene rings is 2. The van der Waals surface area contributed by atoms with E-state index in [0.29, 0.717) is 21.6 Å². The van der Waals surface area contributed by atoms with Crippen molar-refractivity contribution in [3.05, 3.63) is 67.3 Å². The summed E-state index contributed by atoms with van der Waals surface area (Å²) in [6.07, 6.45) is 4.68. The van der Waals surface area contributed by atoms with Gasteiger partial charge in [0.1, 0.15) is 23.9 Å². The summed E-state index contributed by atoms with van der Waals surface area (Å²) in [4.78, 5) is 24.8. The van der Waals surface area contributed by atoms with E-state index in [1.165, 1.54) is 41.8 Å². The van der Waals surface area contributed by atoms with Gasteiger partial charge in [-0.25, -0.2) is 9.13 Å². The average Bonchev–Trinajstić information content (AvgIpc) is 3.24. The molecule has 32 heavy (non-hydrogen) atoms. The van der Waals surface area contributed by atoms with Gasteiger partial charge in [-0.1, -0.05) is 12.1 Å². The van der Waals surface area contributed by atoms with Gasteiger partial charge in [0, 0.05) is 12.1 Å². The molecule has 10 nitrogen and oxygen atoms in total. The number of aromatic nitrogens is 2. The van der Waals surface area contributed by atoms with Crippen LogP contribution in [0.5, 0.6) is 11.5 Å². The lowest BCUT2D eigenvalue weighted by atomic mass is 10.3. The lowest BCUT2D eigenvalue weighted by Crippen LogP contribution is -3.00. The Kier molecular flexibility index (Phi) is 8.59. The Morgan fingerprint density at radius 1 is 0.938 bits per heavy atom. The molecule has 0 unspecified atom stereocenters. The van der Waals surface area contributed by atoms with Crippen LogP contribution in [-0.4, -0.2) is 41.0 Å². The molecule has 0 spiro atoms. The number of carbonyl (C=O) groups excluding carboxylic acids is 2. The van der Waals surface area contributed by atoms with Crippen molar-refractivity contribution in [3.8, 4) is 11.5 Å².